The molecule has 0 heterocycles. The summed E-state index contributed by atoms with van der Waals surface area (Å²) in [5.41, 5.74) is -1.86. The van der Waals surface area contributed by atoms with E-state index >= 15 is 0 Å². The van der Waals surface area contributed by atoms with Gasteiger partial charge in [-0.05, 0) is 30.3 Å². The van der Waals surface area contributed by atoms with Gasteiger partial charge in [0.1, 0.15) is 10.6 Å². The monoisotopic (exact) mass is 466 g/mol. The highest BCUT2D eigenvalue weighted by molar-refractivity contribution is 7.90. The summed E-state index contributed by atoms with van der Waals surface area (Å²) >= 11 is 0. The van der Waals surface area contributed by atoms with Gasteiger partial charge in [0.15, 0.2) is 0 Å². The summed E-state index contributed by atoms with van der Waals surface area (Å²) in [6.45, 7) is 0. The molecule has 1 amide bonds. The van der Waals surface area contributed by atoms with Gasteiger partial charge >= 0.3 is 6.18 Å². The van der Waals surface area contributed by atoms with E-state index in [9.17, 15) is 34.8 Å². The predicted octanol–water partition coefficient (Wildman–Crippen LogP) is 2.08. The molecule has 164 valence electrons. The Kier molecular flexibility index (Phi) is 6.49. The van der Waals surface area contributed by atoms with Crippen LogP contribution in [0.25, 0.3) is 0 Å². The number of sulfonamides is 2. The first-order valence-electron chi connectivity index (χ1n) is 8.05. The van der Waals surface area contributed by atoms with Crippen molar-refractivity contribution in [3.8, 4) is 5.75 Å². The second kappa shape index (κ2) is 8.24. The topological polar surface area (TPSA) is 110 Å². The molecule has 0 saturated carbocycles. The third-order valence-electron chi connectivity index (χ3n) is 3.89. The number of alkyl halides is 3. The summed E-state index contributed by atoms with van der Waals surface area (Å²) in [7, 11) is -5.31. The summed E-state index contributed by atoms with van der Waals surface area (Å²) in [5, 5.41) is 0. The van der Waals surface area contributed by atoms with Crippen LogP contribution in [0.15, 0.2) is 52.3 Å². The number of ether oxygens (including phenoxy) is 1. The van der Waals surface area contributed by atoms with Crippen LogP contribution < -0.4 is 9.46 Å². The van der Waals surface area contributed by atoms with Crippen molar-refractivity contribution in [1.29, 1.82) is 0 Å². The Morgan fingerprint density at radius 3 is 2.13 bits per heavy atom. The molecule has 8 nitrogen and oxygen atoms in total. The maximum absolute atomic E-state index is 13.1. The third-order valence-corrected chi connectivity index (χ3v) is 7.12. The van der Waals surface area contributed by atoms with E-state index in [0.717, 1.165) is 34.6 Å². The van der Waals surface area contributed by atoms with E-state index in [1.165, 1.54) is 25.9 Å². The maximum atomic E-state index is 13.1. The van der Waals surface area contributed by atoms with Crippen molar-refractivity contribution in [2.75, 3.05) is 21.2 Å². The van der Waals surface area contributed by atoms with Crippen LogP contribution >= 0.6 is 0 Å². The van der Waals surface area contributed by atoms with Crippen LogP contribution in [0.5, 0.6) is 5.75 Å². The Balaban J connectivity index is 2.49. The molecule has 0 aliphatic heterocycles. The number of hydrogen-bond acceptors (Lipinski definition) is 6. The molecule has 0 radical (unpaired) electrons. The lowest BCUT2D eigenvalue weighted by atomic mass is 10.2. The zero-order chi connectivity index (χ0) is 22.9. The van der Waals surface area contributed by atoms with E-state index in [-0.39, 0.29) is 5.75 Å². The highest BCUT2D eigenvalue weighted by Crippen LogP contribution is 2.34. The number of benzene rings is 2. The van der Waals surface area contributed by atoms with Gasteiger partial charge in [-0.15, -0.1) is 0 Å². The molecule has 0 spiro atoms. The van der Waals surface area contributed by atoms with Crippen LogP contribution in [0.1, 0.15) is 15.9 Å². The van der Waals surface area contributed by atoms with Crippen LogP contribution in [-0.4, -0.2) is 48.3 Å². The smallest absolute Gasteiger partial charge is 0.417 e. The zero-order valence-corrected chi connectivity index (χ0v) is 17.5. The first-order valence-corrected chi connectivity index (χ1v) is 11.0. The average molecular weight is 466 g/mol. The Morgan fingerprint density at radius 1 is 1.00 bits per heavy atom. The van der Waals surface area contributed by atoms with Gasteiger partial charge in [0, 0.05) is 19.7 Å². The second-order valence-electron chi connectivity index (χ2n) is 6.08. The molecule has 30 heavy (non-hydrogen) atoms. The molecule has 0 unspecified atom stereocenters. The Labute approximate surface area is 171 Å². The lowest BCUT2D eigenvalue weighted by Gasteiger charge is -2.16. The van der Waals surface area contributed by atoms with Gasteiger partial charge in [0.2, 0.25) is 10.0 Å². The second-order valence-corrected chi connectivity index (χ2v) is 9.85. The third kappa shape index (κ3) is 4.74. The van der Waals surface area contributed by atoms with Crippen molar-refractivity contribution in [3.63, 3.8) is 0 Å². The summed E-state index contributed by atoms with van der Waals surface area (Å²) < 4.78 is 96.4. The highest BCUT2D eigenvalue weighted by atomic mass is 32.2. The summed E-state index contributed by atoms with van der Waals surface area (Å²) in [6, 6.07) is 6.42. The molecule has 1 N–H and O–H groups in total. The Hall–Kier alpha value is -2.64. The molecule has 0 aromatic heterocycles. The largest absolute Gasteiger partial charge is 0.495 e. The van der Waals surface area contributed by atoms with E-state index in [2.05, 4.69) is 0 Å². The number of hydrogen-bond donors (Lipinski definition) is 1. The molecule has 0 saturated heterocycles. The Bertz CT molecular complexity index is 1180. The minimum atomic E-state index is -4.97. The van der Waals surface area contributed by atoms with Crippen LogP contribution in [0, 0.1) is 0 Å². The van der Waals surface area contributed by atoms with Gasteiger partial charge in [-0.2, -0.15) is 13.2 Å². The fourth-order valence-electron chi connectivity index (χ4n) is 2.39. The van der Waals surface area contributed by atoms with Crippen molar-refractivity contribution < 1.29 is 39.5 Å². The molecule has 0 aliphatic carbocycles. The van der Waals surface area contributed by atoms with Crippen molar-refractivity contribution >= 4 is 26.0 Å². The SMILES string of the molecule is COc1ccc(C(=O)NS(=O)(=O)c2ccccc2C(F)(F)F)cc1S(=O)(=O)N(C)C. The van der Waals surface area contributed by atoms with E-state index in [0.29, 0.717) is 12.1 Å². The van der Waals surface area contributed by atoms with Gasteiger partial charge < -0.3 is 4.74 Å². The molecule has 2 aromatic carbocycles. The van der Waals surface area contributed by atoms with E-state index < -0.39 is 53.0 Å². The van der Waals surface area contributed by atoms with Crippen molar-refractivity contribution in [2.45, 2.75) is 16.0 Å². The number of halogens is 3. The van der Waals surface area contributed by atoms with E-state index in [1.54, 1.807) is 0 Å². The Morgan fingerprint density at radius 2 is 1.60 bits per heavy atom. The van der Waals surface area contributed by atoms with Gasteiger partial charge in [-0.3, -0.25) is 4.79 Å². The quantitative estimate of drug-likeness (QED) is 0.698. The molecule has 0 fully saturated rings. The molecule has 0 bridgehead atoms. The summed E-state index contributed by atoms with van der Waals surface area (Å²) in [6.07, 6.45) is -4.97. The number of amides is 1. The molecular weight excluding hydrogens is 449 g/mol. The number of nitrogens with one attached hydrogen (secondary N) is 1. The number of methoxy groups -OCH3 is 1. The van der Waals surface area contributed by atoms with Crippen LogP contribution in [0.3, 0.4) is 0 Å². The minimum absolute atomic E-state index is 0.106. The predicted molar refractivity (Wildman–Crippen MR) is 100.0 cm³/mol. The summed E-state index contributed by atoms with van der Waals surface area (Å²) in [5.74, 6) is -1.42. The molecule has 2 aromatic rings. The first-order chi connectivity index (χ1) is 13.7. The normalized spacial score (nSPS) is 12.6. The maximum Gasteiger partial charge on any atom is 0.417 e. The summed E-state index contributed by atoms with van der Waals surface area (Å²) in [4.78, 5) is 10.9. The van der Waals surface area contributed by atoms with E-state index in [1.807, 2.05) is 0 Å². The van der Waals surface area contributed by atoms with Crippen molar-refractivity contribution in [3.05, 3.63) is 53.6 Å². The zero-order valence-electron chi connectivity index (χ0n) is 15.9. The van der Waals surface area contributed by atoms with Gasteiger partial charge in [0.25, 0.3) is 15.9 Å². The number of carbonyl (C=O) groups excluding carboxylic acids is 1. The molecular formula is C17H17F3N2O6S2. The lowest BCUT2D eigenvalue weighted by Crippen LogP contribution is -2.32. The highest BCUT2D eigenvalue weighted by Gasteiger charge is 2.37. The number of carbonyl (C=O) groups is 1. The lowest BCUT2D eigenvalue weighted by molar-refractivity contribution is -0.139. The van der Waals surface area contributed by atoms with Gasteiger partial charge in [0.05, 0.1) is 17.6 Å². The van der Waals surface area contributed by atoms with Gasteiger partial charge in [-0.1, -0.05) is 12.1 Å². The molecule has 0 aliphatic rings. The molecule has 13 heteroatoms. The number of nitrogens with zero attached hydrogens (tertiary/aromatic N) is 1. The fourth-order valence-corrected chi connectivity index (χ4v) is 4.67. The molecule has 0 atom stereocenters. The average Bonchev–Trinajstić information content (AvgIpc) is 2.66. The van der Waals surface area contributed by atoms with E-state index in [4.69, 9.17) is 4.74 Å². The fraction of sp³-hybridized carbons (Fsp3) is 0.235. The van der Waals surface area contributed by atoms with Crippen molar-refractivity contribution in [1.82, 2.24) is 9.03 Å². The van der Waals surface area contributed by atoms with Crippen LogP contribution in [-0.2, 0) is 26.2 Å². The number of rotatable bonds is 6. The van der Waals surface area contributed by atoms with Gasteiger partial charge in [-0.25, -0.2) is 25.9 Å². The minimum Gasteiger partial charge on any atom is -0.495 e. The van der Waals surface area contributed by atoms with Crippen molar-refractivity contribution in [2.24, 2.45) is 0 Å². The standard InChI is InChI=1S/C17H17F3N2O6S2/c1-22(2)30(26,27)15-10-11(8-9-13(15)28-3)16(23)21-29(24,25)14-7-5-4-6-12(14)17(18,19)20/h4-10H,1-3H3,(H,21,23). The first kappa shape index (κ1) is 23.6. The van der Waals surface area contributed by atoms with Crippen LogP contribution in [0.2, 0.25) is 0 Å². The molecule has 2 rings (SSSR count). The van der Waals surface area contributed by atoms with Crippen LogP contribution in [0.4, 0.5) is 13.2 Å².